The summed E-state index contributed by atoms with van der Waals surface area (Å²) in [5.41, 5.74) is 2.52. The number of carbonyl (C=O) groups excluding carboxylic acids is 2. The van der Waals surface area contributed by atoms with Gasteiger partial charge in [0.1, 0.15) is 11.5 Å². The number of amides is 2. The summed E-state index contributed by atoms with van der Waals surface area (Å²) in [5.74, 6) is 0.164. The van der Waals surface area contributed by atoms with Gasteiger partial charge >= 0.3 is 5.97 Å². The number of para-hydroxylation sites is 2. The molecule has 2 heterocycles. The largest absolute Gasteiger partial charge is 0.478 e. The number of nitrogens with zero attached hydrogens (tertiary/aromatic N) is 2. The van der Waals surface area contributed by atoms with Crippen molar-refractivity contribution in [3.63, 3.8) is 0 Å². The van der Waals surface area contributed by atoms with Crippen LogP contribution >= 0.6 is 0 Å². The minimum atomic E-state index is -0.975. The number of carboxylic acids is 1. The van der Waals surface area contributed by atoms with Crippen LogP contribution in [0.25, 0.3) is 0 Å². The third-order valence-electron chi connectivity index (χ3n) is 8.14. The van der Waals surface area contributed by atoms with Crippen molar-refractivity contribution in [3.05, 3.63) is 94.5 Å². The monoisotopic (exact) mass is 526 g/mol. The van der Waals surface area contributed by atoms with E-state index in [1.54, 1.807) is 26.0 Å². The lowest BCUT2D eigenvalue weighted by Crippen LogP contribution is -2.52. The van der Waals surface area contributed by atoms with Gasteiger partial charge in [-0.3, -0.25) is 9.59 Å². The number of aryl methyl sites for hydroxylation is 2. The van der Waals surface area contributed by atoms with E-state index in [4.69, 9.17) is 4.74 Å². The van der Waals surface area contributed by atoms with Gasteiger partial charge in [0.2, 0.25) is 0 Å². The smallest absolute Gasteiger partial charge is 0.336 e. The first kappa shape index (κ1) is 26.5. The van der Waals surface area contributed by atoms with E-state index in [2.05, 4.69) is 0 Å². The molecular weight excluding hydrogens is 492 g/mol. The van der Waals surface area contributed by atoms with Crippen molar-refractivity contribution in [2.45, 2.75) is 39.5 Å². The number of hydrogen-bond acceptors (Lipinski definition) is 4. The Morgan fingerprint density at radius 1 is 0.795 bits per heavy atom. The van der Waals surface area contributed by atoms with Crippen LogP contribution in [-0.4, -0.2) is 58.9 Å². The van der Waals surface area contributed by atoms with Crippen LogP contribution in [0.4, 0.5) is 0 Å². The molecule has 0 aliphatic carbocycles. The van der Waals surface area contributed by atoms with Gasteiger partial charge in [-0.1, -0.05) is 30.3 Å². The molecule has 0 atom stereocenters. The molecule has 0 radical (unpaired) electrons. The van der Waals surface area contributed by atoms with Crippen LogP contribution in [0, 0.1) is 19.3 Å². The molecule has 2 amide bonds. The zero-order valence-corrected chi connectivity index (χ0v) is 22.5. The number of ether oxygens (including phenoxy) is 1. The number of hydrogen-bond donors (Lipinski definition) is 1. The summed E-state index contributed by atoms with van der Waals surface area (Å²) in [6.45, 7) is 6.08. The number of piperidine rings is 2. The molecule has 7 heteroatoms. The molecule has 0 saturated carbocycles. The minimum absolute atomic E-state index is 0.0180. The fourth-order valence-corrected chi connectivity index (χ4v) is 6.10. The maximum Gasteiger partial charge on any atom is 0.336 e. The van der Waals surface area contributed by atoms with Gasteiger partial charge in [0.25, 0.3) is 11.8 Å². The van der Waals surface area contributed by atoms with E-state index in [1.807, 2.05) is 64.4 Å². The molecule has 2 fully saturated rings. The summed E-state index contributed by atoms with van der Waals surface area (Å²) in [7, 11) is 0. The standard InChI is InChI=1S/C32H34N2O5/c1-22-19-24(20-23(2)28(22)31(37)38)29(35)34-16-8-13-32(21-34)14-17-33(18-15-32)30(36)26-11-6-7-12-27(26)39-25-9-4-3-5-10-25/h3-7,9-12,19-20H,8,13-18,21H2,1-2H3,(H,37,38). The lowest BCUT2D eigenvalue weighted by Gasteiger charge is -2.47. The molecule has 0 aromatic heterocycles. The molecule has 0 bridgehead atoms. The second kappa shape index (κ2) is 10.9. The number of carbonyl (C=O) groups is 3. The second-order valence-corrected chi connectivity index (χ2v) is 10.8. The van der Waals surface area contributed by atoms with Crippen molar-refractivity contribution in [1.29, 1.82) is 0 Å². The Balaban J connectivity index is 1.26. The van der Waals surface area contributed by atoms with Crippen LogP contribution in [0.15, 0.2) is 66.7 Å². The fraction of sp³-hybridized carbons (Fsp3) is 0.344. The van der Waals surface area contributed by atoms with Gasteiger partial charge in [-0.25, -0.2) is 4.79 Å². The van der Waals surface area contributed by atoms with Crippen LogP contribution in [0.5, 0.6) is 11.5 Å². The average Bonchev–Trinajstić information content (AvgIpc) is 2.93. The first-order valence-corrected chi connectivity index (χ1v) is 13.5. The van der Waals surface area contributed by atoms with Gasteiger partial charge in [0, 0.05) is 31.7 Å². The predicted molar refractivity (Wildman–Crippen MR) is 149 cm³/mol. The summed E-state index contributed by atoms with van der Waals surface area (Å²) < 4.78 is 6.03. The SMILES string of the molecule is Cc1cc(C(=O)N2CCCC3(CCN(C(=O)c4ccccc4Oc4ccccc4)CC3)C2)cc(C)c1C(=O)O. The highest BCUT2D eigenvalue weighted by molar-refractivity contribution is 5.98. The van der Waals surface area contributed by atoms with E-state index in [9.17, 15) is 19.5 Å². The molecule has 2 aliphatic heterocycles. The molecule has 5 rings (SSSR count). The Labute approximate surface area is 229 Å². The quantitative estimate of drug-likeness (QED) is 0.444. The first-order chi connectivity index (χ1) is 18.8. The van der Waals surface area contributed by atoms with E-state index in [0.717, 1.165) is 25.7 Å². The van der Waals surface area contributed by atoms with Gasteiger partial charge in [-0.15, -0.1) is 0 Å². The average molecular weight is 527 g/mol. The van der Waals surface area contributed by atoms with Crippen LogP contribution in [0.1, 0.15) is 67.9 Å². The molecule has 3 aromatic carbocycles. The summed E-state index contributed by atoms with van der Waals surface area (Å²) in [6, 6.07) is 20.2. The van der Waals surface area contributed by atoms with Crippen molar-refractivity contribution in [2.24, 2.45) is 5.41 Å². The van der Waals surface area contributed by atoms with Crippen LogP contribution in [-0.2, 0) is 0 Å². The van der Waals surface area contributed by atoms with Crippen molar-refractivity contribution in [1.82, 2.24) is 9.80 Å². The molecule has 1 spiro atoms. The van der Waals surface area contributed by atoms with Crippen LogP contribution < -0.4 is 4.74 Å². The van der Waals surface area contributed by atoms with Crippen LogP contribution in [0.2, 0.25) is 0 Å². The molecule has 7 nitrogen and oxygen atoms in total. The third kappa shape index (κ3) is 5.53. The van der Waals surface area contributed by atoms with Crippen molar-refractivity contribution < 1.29 is 24.2 Å². The molecule has 1 N–H and O–H groups in total. The molecule has 2 aliphatic rings. The zero-order chi connectivity index (χ0) is 27.6. The lowest BCUT2D eigenvalue weighted by molar-refractivity contribution is 0.0200. The highest BCUT2D eigenvalue weighted by atomic mass is 16.5. The van der Waals surface area contributed by atoms with E-state index in [0.29, 0.717) is 59.9 Å². The summed E-state index contributed by atoms with van der Waals surface area (Å²) in [4.78, 5) is 42.4. The summed E-state index contributed by atoms with van der Waals surface area (Å²) in [6.07, 6.45) is 3.61. The highest BCUT2D eigenvalue weighted by Crippen LogP contribution is 2.41. The van der Waals surface area contributed by atoms with Crippen LogP contribution in [0.3, 0.4) is 0 Å². The van der Waals surface area contributed by atoms with Gasteiger partial charge in [0.15, 0.2) is 0 Å². The highest BCUT2D eigenvalue weighted by Gasteiger charge is 2.41. The maximum absolute atomic E-state index is 13.5. The Kier molecular flexibility index (Phi) is 7.42. The van der Waals surface area contributed by atoms with Crippen molar-refractivity contribution in [3.8, 4) is 11.5 Å². The zero-order valence-electron chi connectivity index (χ0n) is 22.5. The normalized spacial score (nSPS) is 16.7. The van der Waals surface area contributed by atoms with Gasteiger partial charge in [0.05, 0.1) is 11.1 Å². The van der Waals surface area contributed by atoms with Gasteiger partial charge < -0.3 is 19.6 Å². The van der Waals surface area contributed by atoms with E-state index in [1.165, 1.54) is 0 Å². The molecule has 3 aromatic rings. The summed E-state index contributed by atoms with van der Waals surface area (Å²) >= 11 is 0. The molecule has 202 valence electrons. The molecule has 39 heavy (non-hydrogen) atoms. The number of benzene rings is 3. The van der Waals surface area contributed by atoms with E-state index >= 15 is 0 Å². The number of aromatic carboxylic acids is 1. The van der Waals surface area contributed by atoms with Crippen molar-refractivity contribution >= 4 is 17.8 Å². The Hall–Kier alpha value is -4.13. The topological polar surface area (TPSA) is 87.2 Å². The Morgan fingerprint density at radius 3 is 2.10 bits per heavy atom. The van der Waals surface area contributed by atoms with Gasteiger partial charge in [-0.05, 0) is 92.5 Å². The number of rotatable bonds is 5. The molecule has 0 unspecified atom stereocenters. The number of carboxylic acid groups (broad SMARTS) is 1. The van der Waals surface area contributed by atoms with E-state index in [-0.39, 0.29) is 22.8 Å². The summed E-state index contributed by atoms with van der Waals surface area (Å²) in [5, 5.41) is 9.48. The molecule has 2 saturated heterocycles. The Bertz CT molecular complexity index is 1370. The maximum atomic E-state index is 13.5. The fourth-order valence-electron chi connectivity index (χ4n) is 6.10. The third-order valence-corrected chi connectivity index (χ3v) is 8.14. The lowest BCUT2D eigenvalue weighted by atomic mass is 9.72. The first-order valence-electron chi connectivity index (χ1n) is 13.5. The van der Waals surface area contributed by atoms with E-state index < -0.39 is 5.97 Å². The second-order valence-electron chi connectivity index (χ2n) is 10.8. The predicted octanol–water partition coefficient (Wildman–Crippen LogP) is 5.95. The minimum Gasteiger partial charge on any atom is -0.478 e. The molecular formula is C32H34N2O5. The van der Waals surface area contributed by atoms with Crippen molar-refractivity contribution in [2.75, 3.05) is 26.2 Å². The Morgan fingerprint density at radius 2 is 1.44 bits per heavy atom. The number of likely N-dealkylation sites (tertiary alicyclic amines) is 2. The van der Waals surface area contributed by atoms with Gasteiger partial charge in [-0.2, -0.15) is 0 Å².